The molecule has 5 rings (SSSR count). The minimum absolute atomic E-state index is 0.00803. The third-order valence-electron chi connectivity index (χ3n) is 7.27. The maximum atomic E-state index is 13.3. The van der Waals surface area contributed by atoms with Crippen molar-refractivity contribution in [3.8, 4) is 0 Å². The molecule has 0 bridgehead atoms. The summed E-state index contributed by atoms with van der Waals surface area (Å²) in [5, 5.41) is 6.98. The van der Waals surface area contributed by atoms with Gasteiger partial charge in [-0.05, 0) is 68.6 Å². The molecule has 8 nitrogen and oxygen atoms in total. The fourth-order valence-corrected chi connectivity index (χ4v) is 5.21. The lowest BCUT2D eigenvalue weighted by Crippen LogP contribution is -2.35. The lowest BCUT2D eigenvalue weighted by molar-refractivity contribution is -0.117. The van der Waals surface area contributed by atoms with Gasteiger partial charge in [0.1, 0.15) is 0 Å². The molecule has 3 fully saturated rings. The number of benzene rings is 2. The maximum Gasteiger partial charge on any atom is 0.253 e. The van der Waals surface area contributed by atoms with E-state index in [-0.39, 0.29) is 23.6 Å². The lowest BCUT2D eigenvalue weighted by Gasteiger charge is -2.27. The van der Waals surface area contributed by atoms with Crippen molar-refractivity contribution in [1.29, 1.82) is 0 Å². The molecular weight excluding hydrogens is 490 g/mol. The molecule has 0 aromatic heterocycles. The van der Waals surface area contributed by atoms with Gasteiger partial charge in [0, 0.05) is 67.9 Å². The van der Waals surface area contributed by atoms with Gasteiger partial charge < -0.3 is 25.3 Å². The van der Waals surface area contributed by atoms with Gasteiger partial charge in [0.25, 0.3) is 11.8 Å². The highest BCUT2D eigenvalue weighted by molar-refractivity contribution is 6.31. The first kappa shape index (κ1) is 25.5. The number of carbonyl (C=O) groups is 3. The van der Waals surface area contributed by atoms with Gasteiger partial charge in [-0.1, -0.05) is 17.7 Å². The molecule has 196 valence electrons. The molecular formula is C28H34ClN5O3. The third-order valence-corrected chi connectivity index (χ3v) is 7.51. The summed E-state index contributed by atoms with van der Waals surface area (Å²) in [5.41, 5.74) is 2.74. The number of halogens is 1. The van der Waals surface area contributed by atoms with E-state index in [0.29, 0.717) is 48.0 Å². The molecule has 0 unspecified atom stereocenters. The van der Waals surface area contributed by atoms with Gasteiger partial charge in [-0.2, -0.15) is 0 Å². The zero-order valence-electron chi connectivity index (χ0n) is 21.0. The molecule has 0 radical (unpaired) electrons. The Bertz CT molecular complexity index is 1160. The summed E-state index contributed by atoms with van der Waals surface area (Å²) >= 11 is 6.10. The van der Waals surface area contributed by atoms with E-state index >= 15 is 0 Å². The molecule has 9 heteroatoms. The van der Waals surface area contributed by atoms with Gasteiger partial charge in [-0.15, -0.1) is 0 Å². The van der Waals surface area contributed by atoms with Gasteiger partial charge in [-0.25, -0.2) is 0 Å². The van der Waals surface area contributed by atoms with Crippen molar-refractivity contribution in [1.82, 2.24) is 15.1 Å². The summed E-state index contributed by atoms with van der Waals surface area (Å²) in [7, 11) is 0. The van der Waals surface area contributed by atoms with E-state index in [4.69, 9.17) is 11.6 Å². The van der Waals surface area contributed by atoms with Crippen LogP contribution in [0.5, 0.6) is 0 Å². The number of nitrogens with one attached hydrogen (secondary N) is 2. The predicted molar refractivity (Wildman–Crippen MR) is 145 cm³/mol. The molecule has 2 saturated heterocycles. The van der Waals surface area contributed by atoms with E-state index in [1.165, 1.54) is 0 Å². The van der Waals surface area contributed by atoms with Crippen LogP contribution in [-0.2, 0) is 4.79 Å². The van der Waals surface area contributed by atoms with Gasteiger partial charge in [0.15, 0.2) is 0 Å². The second kappa shape index (κ2) is 11.5. The Morgan fingerprint density at radius 1 is 0.811 bits per heavy atom. The highest BCUT2D eigenvalue weighted by Gasteiger charge is 2.31. The zero-order valence-corrected chi connectivity index (χ0v) is 21.8. The molecule has 1 saturated carbocycles. The molecule has 3 amide bonds. The molecule has 3 aliphatic rings. The summed E-state index contributed by atoms with van der Waals surface area (Å²) in [4.78, 5) is 45.0. The normalized spacial score (nSPS) is 18.7. The Morgan fingerprint density at radius 2 is 1.57 bits per heavy atom. The van der Waals surface area contributed by atoms with Crippen LogP contribution >= 0.6 is 11.6 Å². The Morgan fingerprint density at radius 3 is 2.35 bits per heavy atom. The number of rotatable bonds is 5. The van der Waals surface area contributed by atoms with Crippen LogP contribution in [0.4, 0.5) is 11.4 Å². The smallest absolute Gasteiger partial charge is 0.253 e. The molecule has 2 aromatic rings. The monoisotopic (exact) mass is 523 g/mol. The predicted octanol–water partition coefficient (Wildman–Crippen LogP) is 3.48. The molecule has 37 heavy (non-hydrogen) atoms. The first-order valence-corrected chi connectivity index (χ1v) is 13.6. The molecule has 2 heterocycles. The molecule has 2 N–H and O–H groups in total. The molecule has 0 spiro atoms. The Kier molecular flexibility index (Phi) is 7.96. The average molecular weight is 524 g/mol. The van der Waals surface area contributed by atoms with Crippen molar-refractivity contribution in [3.63, 3.8) is 0 Å². The van der Waals surface area contributed by atoms with Crippen molar-refractivity contribution < 1.29 is 14.4 Å². The number of hydrogen-bond donors (Lipinski definition) is 2. The first-order valence-electron chi connectivity index (χ1n) is 13.2. The second-order valence-electron chi connectivity index (χ2n) is 10.0. The van der Waals surface area contributed by atoms with Crippen molar-refractivity contribution in [2.45, 2.75) is 25.7 Å². The number of hydrogen-bond acceptors (Lipinski definition) is 5. The highest BCUT2D eigenvalue weighted by Crippen LogP contribution is 2.34. The SMILES string of the molecule is O=C(Nc1cc(C(=O)N2CCCNCC2)ccc1N1CCCN(C(=O)c2cccc(Cl)c2)CC1)C1CC1. The van der Waals surface area contributed by atoms with Crippen molar-refractivity contribution in [3.05, 3.63) is 58.6 Å². The van der Waals surface area contributed by atoms with Gasteiger partial charge in [0.2, 0.25) is 5.91 Å². The summed E-state index contributed by atoms with van der Waals surface area (Å²) in [6, 6.07) is 12.7. The van der Waals surface area contributed by atoms with Crippen LogP contribution in [0.3, 0.4) is 0 Å². The number of nitrogens with zero attached hydrogens (tertiary/aromatic N) is 3. The van der Waals surface area contributed by atoms with Crippen LogP contribution in [0, 0.1) is 5.92 Å². The Balaban J connectivity index is 1.34. The summed E-state index contributed by atoms with van der Waals surface area (Å²) in [5.74, 6) is 0.0297. The maximum absolute atomic E-state index is 13.3. The summed E-state index contributed by atoms with van der Waals surface area (Å²) < 4.78 is 0. The number of carbonyl (C=O) groups excluding carboxylic acids is 3. The van der Waals surface area contributed by atoms with Crippen LogP contribution in [0.1, 0.15) is 46.4 Å². The van der Waals surface area contributed by atoms with E-state index in [0.717, 1.165) is 57.5 Å². The van der Waals surface area contributed by atoms with Gasteiger partial charge in [0.05, 0.1) is 11.4 Å². The van der Waals surface area contributed by atoms with Crippen molar-refractivity contribution in [2.75, 3.05) is 62.6 Å². The van der Waals surface area contributed by atoms with Crippen LogP contribution in [0.2, 0.25) is 5.02 Å². The third kappa shape index (κ3) is 6.25. The zero-order chi connectivity index (χ0) is 25.8. The number of anilines is 2. The van der Waals surface area contributed by atoms with Crippen molar-refractivity contribution >= 4 is 40.7 Å². The summed E-state index contributed by atoms with van der Waals surface area (Å²) in [6.07, 6.45) is 3.53. The van der Waals surface area contributed by atoms with E-state index in [2.05, 4.69) is 15.5 Å². The number of amides is 3. The quantitative estimate of drug-likeness (QED) is 0.627. The van der Waals surface area contributed by atoms with E-state index in [9.17, 15) is 14.4 Å². The van der Waals surface area contributed by atoms with Crippen LogP contribution in [0.15, 0.2) is 42.5 Å². The first-order chi connectivity index (χ1) is 18.0. The minimum Gasteiger partial charge on any atom is -0.368 e. The van der Waals surface area contributed by atoms with Crippen LogP contribution in [0.25, 0.3) is 0 Å². The Labute approximate surface area is 222 Å². The van der Waals surface area contributed by atoms with Crippen LogP contribution in [-0.4, -0.2) is 79.9 Å². The van der Waals surface area contributed by atoms with Crippen molar-refractivity contribution in [2.24, 2.45) is 5.92 Å². The van der Waals surface area contributed by atoms with Gasteiger partial charge >= 0.3 is 0 Å². The lowest BCUT2D eigenvalue weighted by atomic mass is 10.1. The topological polar surface area (TPSA) is 85.0 Å². The molecule has 1 aliphatic carbocycles. The molecule has 0 atom stereocenters. The second-order valence-corrected chi connectivity index (χ2v) is 10.5. The van der Waals surface area contributed by atoms with E-state index < -0.39 is 0 Å². The highest BCUT2D eigenvalue weighted by atomic mass is 35.5. The summed E-state index contributed by atoms with van der Waals surface area (Å²) in [6.45, 7) is 5.67. The fraction of sp³-hybridized carbons (Fsp3) is 0.464. The average Bonchev–Trinajstić information content (AvgIpc) is 3.76. The largest absolute Gasteiger partial charge is 0.368 e. The standard InChI is InChI=1S/C28H34ClN5O3/c29-23-5-1-4-21(18-23)27(36)34-14-3-13-32(16-17-34)25-9-8-22(19-24(25)31-26(35)20-6-7-20)28(37)33-12-2-10-30-11-15-33/h1,4-5,8-9,18-20,30H,2-3,6-7,10-17H2,(H,31,35). The fourth-order valence-electron chi connectivity index (χ4n) is 5.02. The molecule has 2 aliphatic heterocycles. The minimum atomic E-state index is -0.0282. The van der Waals surface area contributed by atoms with Gasteiger partial charge in [-0.3, -0.25) is 14.4 Å². The Hall–Kier alpha value is -3.10. The van der Waals surface area contributed by atoms with E-state index in [1.807, 2.05) is 28.0 Å². The van der Waals surface area contributed by atoms with Crippen LogP contribution < -0.4 is 15.5 Å². The molecule has 2 aromatic carbocycles. The van der Waals surface area contributed by atoms with E-state index in [1.54, 1.807) is 24.3 Å².